The van der Waals surface area contributed by atoms with Gasteiger partial charge >= 0.3 is 5.69 Å². The van der Waals surface area contributed by atoms with E-state index in [-0.39, 0.29) is 5.69 Å². The van der Waals surface area contributed by atoms with Crippen molar-refractivity contribution < 1.29 is 0 Å². The third-order valence-corrected chi connectivity index (χ3v) is 2.37. The minimum atomic E-state index is 0.0636. The van der Waals surface area contributed by atoms with Crippen LogP contribution in [0.4, 0.5) is 0 Å². The number of imidazole rings is 1. The molecule has 0 aliphatic rings. The maximum Gasteiger partial charge on any atom is 0.327 e. The van der Waals surface area contributed by atoms with Gasteiger partial charge in [0.05, 0.1) is 0 Å². The van der Waals surface area contributed by atoms with Crippen LogP contribution in [0.15, 0.2) is 17.2 Å². The second-order valence-electron chi connectivity index (χ2n) is 3.63. The lowest BCUT2D eigenvalue weighted by Crippen LogP contribution is -2.29. The second-order valence-corrected chi connectivity index (χ2v) is 3.63. The lowest BCUT2D eigenvalue weighted by molar-refractivity contribution is 0.480. The van der Waals surface area contributed by atoms with Crippen LogP contribution in [0.25, 0.3) is 0 Å². The SMILES string of the molecule is CCNC(C)CCn1ccn(C)c1=O. The largest absolute Gasteiger partial charge is 0.327 e. The molecule has 0 spiro atoms. The highest BCUT2D eigenvalue weighted by atomic mass is 16.1. The molecule has 1 heterocycles. The summed E-state index contributed by atoms with van der Waals surface area (Å²) in [6.45, 7) is 5.99. The highest BCUT2D eigenvalue weighted by Crippen LogP contribution is 1.93. The van der Waals surface area contributed by atoms with E-state index in [0.717, 1.165) is 19.5 Å². The van der Waals surface area contributed by atoms with E-state index in [1.165, 1.54) is 0 Å². The van der Waals surface area contributed by atoms with E-state index in [0.29, 0.717) is 6.04 Å². The third-order valence-electron chi connectivity index (χ3n) is 2.37. The minimum Gasteiger partial charge on any atom is -0.314 e. The predicted molar refractivity (Wildman–Crippen MR) is 57.4 cm³/mol. The monoisotopic (exact) mass is 197 g/mol. The minimum absolute atomic E-state index is 0.0636. The molecule has 1 unspecified atom stereocenters. The van der Waals surface area contributed by atoms with Crippen LogP contribution in [-0.2, 0) is 13.6 Å². The fraction of sp³-hybridized carbons (Fsp3) is 0.700. The van der Waals surface area contributed by atoms with Gasteiger partial charge < -0.3 is 9.88 Å². The first-order chi connectivity index (χ1) is 6.65. The predicted octanol–water partition coefficient (Wildman–Crippen LogP) is 0.575. The average Bonchev–Trinajstić information content (AvgIpc) is 2.46. The molecule has 1 aromatic heterocycles. The van der Waals surface area contributed by atoms with Crippen molar-refractivity contribution in [2.24, 2.45) is 7.05 Å². The number of nitrogens with zero attached hydrogens (tertiary/aromatic N) is 2. The summed E-state index contributed by atoms with van der Waals surface area (Å²) in [5.74, 6) is 0. The zero-order valence-electron chi connectivity index (χ0n) is 9.16. The summed E-state index contributed by atoms with van der Waals surface area (Å²) in [4.78, 5) is 11.4. The van der Waals surface area contributed by atoms with Gasteiger partial charge in [-0.25, -0.2) is 4.79 Å². The first kappa shape index (κ1) is 11.0. The van der Waals surface area contributed by atoms with Crippen LogP contribution < -0.4 is 11.0 Å². The van der Waals surface area contributed by atoms with E-state index in [2.05, 4.69) is 19.2 Å². The number of hydrogen-bond acceptors (Lipinski definition) is 2. The lowest BCUT2D eigenvalue weighted by Gasteiger charge is -2.11. The molecular formula is C10H19N3O. The molecular weight excluding hydrogens is 178 g/mol. The highest BCUT2D eigenvalue weighted by Gasteiger charge is 2.02. The Morgan fingerprint density at radius 3 is 2.71 bits per heavy atom. The van der Waals surface area contributed by atoms with Crippen molar-refractivity contribution in [1.29, 1.82) is 0 Å². The number of rotatable bonds is 5. The van der Waals surface area contributed by atoms with Gasteiger partial charge in [-0.3, -0.25) is 4.57 Å². The molecule has 0 saturated carbocycles. The quantitative estimate of drug-likeness (QED) is 0.749. The van der Waals surface area contributed by atoms with Crippen molar-refractivity contribution in [1.82, 2.24) is 14.5 Å². The standard InChI is InChI=1S/C10H19N3O/c1-4-11-9(2)5-6-13-8-7-12(3)10(13)14/h7-9,11H,4-6H2,1-3H3. The molecule has 0 aliphatic heterocycles. The zero-order valence-corrected chi connectivity index (χ0v) is 9.16. The molecule has 0 radical (unpaired) electrons. The topological polar surface area (TPSA) is 39.0 Å². The van der Waals surface area contributed by atoms with E-state index in [9.17, 15) is 4.79 Å². The van der Waals surface area contributed by atoms with Gasteiger partial charge in [-0.2, -0.15) is 0 Å². The molecule has 0 saturated heterocycles. The molecule has 1 rings (SSSR count). The van der Waals surface area contributed by atoms with Gasteiger partial charge in [-0.05, 0) is 19.9 Å². The maximum atomic E-state index is 11.4. The van der Waals surface area contributed by atoms with Crippen LogP contribution >= 0.6 is 0 Å². The van der Waals surface area contributed by atoms with E-state index >= 15 is 0 Å². The van der Waals surface area contributed by atoms with Crippen LogP contribution in [0.3, 0.4) is 0 Å². The molecule has 14 heavy (non-hydrogen) atoms. The molecule has 0 aliphatic carbocycles. The Kier molecular flexibility index (Phi) is 3.95. The summed E-state index contributed by atoms with van der Waals surface area (Å²) < 4.78 is 3.34. The fourth-order valence-corrected chi connectivity index (χ4v) is 1.46. The maximum absolute atomic E-state index is 11.4. The molecule has 1 N–H and O–H groups in total. The van der Waals surface area contributed by atoms with Crippen LogP contribution in [0.5, 0.6) is 0 Å². The molecule has 80 valence electrons. The molecule has 0 fully saturated rings. The third kappa shape index (κ3) is 2.73. The molecule has 1 aromatic rings. The second kappa shape index (κ2) is 5.00. The van der Waals surface area contributed by atoms with Gasteiger partial charge in [0.15, 0.2) is 0 Å². The molecule has 1 atom stereocenters. The Hall–Kier alpha value is -1.03. The summed E-state index contributed by atoms with van der Waals surface area (Å²) in [5, 5.41) is 3.32. The Morgan fingerprint density at radius 2 is 2.21 bits per heavy atom. The van der Waals surface area contributed by atoms with Gasteiger partial charge in [-0.15, -0.1) is 0 Å². The van der Waals surface area contributed by atoms with Crippen LogP contribution in [0.2, 0.25) is 0 Å². The normalized spacial score (nSPS) is 13.1. The molecule has 0 amide bonds. The van der Waals surface area contributed by atoms with Crippen molar-refractivity contribution in [2.75, 3.05) is 6.54 Å². The number of hydrogen-bond donors (Lipinski definition) is 1. The summed E-state index contributed by atoms with van der Waals surface area (Å²) in [6.07, 6.45) is 4.61. The number of nitrogens with one attached hydrogen (secondary N) is 1. The number of aromatic nitrogens is 2. The lowest BCUT2D eigenvalue weighted by atomic mass is 10.2. The van der Waals surface area contributed by atoms with E-state index in [4.69, 9.17) is 0 Å². The van der Waals surface area contributed by atoms with Gasteiger partial charge in [-0.1, -0.05) is 6.92 Å². The van der Waals surface area contributed by atoms with Crippen LogP contribution in [-0.4, -0.2) is 21.7 Å². The number of aryl methyl sites for hydroxylation is 2. The summed E-state index contributed by atoms with van der Waals surface area (Å²) >= 11 is 0. The Balaban J connectivity index is 2.46. The van der Waals surface area contributed by atoms with Crippen molar-refractivity contribution in [3.63, 3.8) is 0 Å². The zero-order chi connectivity index (χ0) is 10.6. The van der Waals surface area contributed by atoms with E-state index in [1.54, 1.807) is 22.4 Å². The fourth-order valence-electron chi connectivity index (χ4n) is 1.46. The first-order valence-corrected chi connectivity index (χ1v) is 5.10. The van der Waals surface area contributed by atoms with Crippen LogP contribution in [0, 0.1) is 0 Å². The molecule has 0 bridgehead atoms. The summed E-state index contributed by atoms with van der Waals surface area (Å²) in [5.41, 5.74) is 0.0636. The highest BCUT2D eigenvalue weighted by molar-refractivity contribution is 4.80. The summed E-state index contributed by atoms with van der Waals surface area (Å²) in [7, 11) is 1.77. The van der Waals surface area contributed by atoms with Crippen molar-refractivity contribution in [2.45, 2.75) is 32.9 Å². The molecule has 0 aromatic carbocycles. The molecule has 4 nitrogen and oxygen atoms in total. The van der Waals surface area contributed by atoms with Crippen molar-refractivity contribution >= 4 is 0 Å². The van der Waals surface area contributed by atoms with E-state index in [1.807, 2.05) is 6.20 Å². The van der Waals surface area contributed by atoms with Gasteiger partial charge in [0, 0.05) is 32.0 Å². The first-order valence-electron chi connectivity index (χ1n) is 5.10. The Morgan fingerprint density at radius 1 is 1.50 bits per heavy atom. The van der Waals surface area contributed by atoms with Gasteiger partial charge in [0.25, 0.3) is 0 Å². The van der Waals surface area contributed by atoms with Crippen molar-refractivity contribution in [3.05, 3.63) is 22.9 Å². The Bertz CT molecular complexity index is 326. The summed E-state index contributed by atoms with van der Waals surface area (Å²) in [6, 6.07) is 0.465. The average molecular weight is 197 g/mol. The Labute approximate surface area is 84.5 Å². The molecule has 4 heteroatoms. The smallest absolute Gasteiger partial charge is 0.314 e. The van der Waals surface area contributed by atoms with E-state index < -0.39 is 0 Å². The van der Waals surface area contributed by atoms with Crippen LogP contribution in [0.1, 0.15) is 20.3 Å². The van der Waals surface area contributed by atoms with Crippen molar-refractivity contribution in [3.8, 4) is 0 Å². The van der Waals surface area contributed by atoms with Gasteiger partial charge in [0.2, 0.25) is 0 Å². The van der Waals surface area contributed by atoms with Gasteiger partial charge in [0.1, 0.15) is 0 Å².